The summed E-state index contributed by atoms with van der Waals surface area (Å²) in [7, 11) is 0. The maximum atomic E-state index is 13.7. The monoisotopic (exact) mass is 290 g/mol. The number of aliphatic carboxylic acids is 1. The van der Waals surface area contributed by atoms with Crippen molar-refractivity contribution < 1.29 is 18.7 Å². The number of rotatable bonds is 3. The zero-order valence-corrected chi connectivity index (χ0v) is 9.80. The highest BCUT2D eigenvalue weighted by Crippen LogP contribution is 2.44. The number of hydrogen-bond acceptors (Lipinski definition) is 1. The topological polar surface area (TPSA) is 37.3 Å². The van der Waals surface area contributed by atoms with Crippen LogP contribution in [0.15, 0.2) is 16.6 Å². The minimum atomic E-state index is -1.17. The first-order chi connectivity index (χ1) is 7.52. The van der Waals surface area contributed by atoms with Gasteiger partial charge in [0.15, 0.2) is 0 Å². The Morgan fingerprint density at radius 3 is 2.56 bits per heavy atom. The van der Waals surface area contributed by atoms with Crippen molar-refractivity contribution in [1.82, 2.24) is 0 Å². The summed E-state index contributed by atoms with van der Waals surface area (Å²) in [5.41, 5.74) is -0.329. The standard InChI is InChI=1S/C11H9BrF2O2/c12-6-3-4-7(13)9(10(6)14)8(11(15)16)5-1-2-5/h3-5,8H,1-2H2,(H,15,16). The van der Waals surface area contributed by atoms with Crippen LogP contribution in [0.5, 0.6) is 0 Å². The highest BCUT2D eigenvalue weighted by atomic mass is 79.9. The second kappa shape index (κ2) is 4.13. The van der Waals surface area contributed by atoms with Crippen LogP contribution in [0.1, 0.15) is 24.3 Å². The first-order valence-electron chi connectivity index (χ1n) is 4.88. The average molecular weight is 291 g/mol. The van der Waals surface area contributed by atoms with E-state index in [1.165, 1.54) is 6.07 Å². The van der Waals surface area contributed by atoms with Gasteiger partial charge in [0, 0.05) is 5.56 Å². The minimum absolute atomic E-state index is 0.0933. The van der Waals surface area contributed by atoms with Crippen LogP contribution in [0.25, 0.3) is 0 Å². The molecule has 2 nitrogen and oxygen atoms in total. The second-order valence-corrected chi connectivity index (χ2v) is 4.76. The first-order valence-corrected chi connectivity index (χ1v) is 5.68. The van der Waals surface area contributed by atoms with Crippen molar-refractivity contribution in [2.24, 2.45) is 5.92 Å². The lowest BCUT2D eigenvalue weighted by atomic mass is 9.93. The van der Waals surface area contributed by atoms with Crippen LogP contribution in [0.2, 0.25) is 0 Å². The first kappa shape index (κ1) is 11.5. The molecule has 2 rings (SSSR count). The van der Waals surface area contributed by atoms with E-state index in [9.17, 15) is 13.6 Å². The van der Waals surface area contributed by atoms with Crippen molar-refractivity contribution in [2.75, 3.05) is 0 Å². The molecule has 0 heterocycles. The zero-order valence-electron chi connectivity index (χ0n) is 8.21. The Kier molecular flexibility index (Phi) is 2.97. The number of carbonyl (C=O) groups is 1. The molecule has 0 aromatic heterocycles. The van der Waals surface area contributed by atoms with Crippen LogP contribution in [0.3, 0.4) is 0 Å². The van der Waals surface area contributed by atoms with E-state index in [4.69, 9.17) is 5.11 Å². The van der Waals surface area contributed by atoms with Crippen molar-refractivity contribution in [3.63, 3.8) is 0 Å². The summed E-state index contributed by atoms with van der Waals surface area (Å²) < 4.78 is 27.3. The largest absolute Gasteiger partial charge is 0.481 e. The number of carboxylic acid groups (broad SMARTS) is 1. The van der Waals surface area contributed by atoms with Gasteiger partial charge in [0.25, 0.3) is 0 Å². The molecule has 0 amide bonds. The van der Waals surface area contributed by atoms with Crippen molar-refractivity contribution in [1.29, 1.82) is 0 Å². The molecule has 5 heteroatoms. The Morgan fingerprint density at radius 2 is 2.06 bits per heavy atom. The Bertz CT molecular complexity index is 444. The second-order valence-electron chi connectivity index (χ2n) is 3.91. The summed E-state index contributed by atoms with van der Waals surface area (Å²) in [4.78, 5) is 11.0. The zero-order chi connectivity index (χ0) is 11.9. The Balaban J connectivity index is 2.51. The number of halogens is 3. The Hall–Kier alpha value is -0.970. The summed E-state index contributed by atoms with van der Waals surface area (Å²) in [5.74, 6) is -3.98. The van der Waals surface area contributed by atoms with Crippen LogP contribution >= 0.6 is 15.9 Å². The van der Waals surface area contributed by atoms with E-state index in [0.717, 1.165) is 6.07 Å². The van der Waals surface area contributed by atoms with E-state index in [1.54, 1.807) is 0 Å². The number of carboxylic acids is 1. The molecule has 0 bridgehead atoms. The smallest absolute Gasteiger partial charge is 0.311 e. The lowest BCUT2D eigenvalue weighted by molar-refractivity contribution is -0.139. The molecule has 1 aliphatic carbocycles. The van der Waals surface area contributed by atoms with Crippen molar-refractivity contribution >= 4 is 21.9 Å². The minimum Gasteiger partial charge on any atom is -0.481 e. The van der Waals surface area contributed by atoms with Crippen molar-refractivity contribution in [2.45, 2.75) is 18.8 Å². The van der Waals surface area contributed by atoms with Gasteiger partial charge in [0.1, 0.15) is 11.6 Å². The number of hydrogen-bond donors (Lipinski definition) is 1. The van der Waals surface area contributed by atoms with Gasteiger partial charge in [-0.25, -0.2) is 8.78 Å². The Morgan fingerprint density at radius 1 is 1.44 bits per heavy atom. The summed E-state index contributed by atoms with van der Waals surface area (Å²) in [5, 5.41) is 9.03. The molecule has 1 atom stereocenters. The molecule has 1 aliphatic rings. The lowest BCUT2D eigenvalue weighted by Gasteiger charge is -2.14. The van der Waals surface area contributed by atoms with Gasteiger partial charge in [-0.1, -0.05) is 0 Å². The van der Waals surface area contributed by atoms with Gasteiger partial charge in [0.05, 0.1) is 10.4 Å². The fraction of sp³-hybridized carbons (Fsp3) is 0.364. The summed E-state index contributed by atoms with van der Waals surface area (Å²) in [6.45, 7) is 0. The number of benzene rings is 1. The van der Waals surface area contributed by atoms with E-state index in [-0.39, 0.29) is 16.0 Å². The van der Waals surface area contributed by atoms with Crippen LogP contribution < -0.4 is 0 Å². The molecule has 1 fully saturated rings. The molecule has 1 aromatic carbocycles. The Labute approximate surface area is 99.4 Å². The molecular formula is C11H9BrF2O2. The van der Waals surface area contributed by atoms with E-state index in [1.807, 2.05) is 0 Å². The van der Waals surface area contributed by atoms with Crippen LogP contribution in [-0.2, 0) is 4.79 Å². The van der Waals surface area contributed by atoms with E-state index >= 15 is 0 Å². The molecule has 1 unspecified atom stereocenters. The molecule has 1 saturated carbocycles. The lowest BCUT2D eigenvalue weighted by Crippen LogP contribution is -2.17. The quantitative estimate of drug-likeness (QED) is 0.867. The molecule has 1 aromatic rings. The van der Waals surface area contributed by atoms with Gasteiger partial charge in [0.2, 0.25) is 0 Å². The van der Waals surface area contributed by atoms with Gasteiger partial charge in [-0.2, -0.15) is 0 Å². The van der Waals surface area contributed by atoms with Crippen molar-refractivity contribution in [3.05, 3.63) is 33.8 Å². The third-order valence-corrected chi connectivity index (χ3v) is 3.36. The maximum absolute atomic E-state index is 13.7. The fourth-order valence-corrected chi connectivity index (χ4v) is 2.16. The van der Waals surface area contributed by atoms with Gasteiger partial charge in [-0.15, -0.1) is 0 Å². The SMILES string of the molecule is O=C(O)C(c1c(F)ccc(Br)c1F)C1CC1. The van der Waals surface area contributed by atoms with Crippen LogP contribution in [0, 0.1) is 17.6 Å². The van der Waals surface area contributed by atoms with E-state index in [0.29, 0.717) is 12.8 Å². The van der Waals surface area contributed by atoms with E-state index < -0.39 is 23.5 Å². The maximum Gasteiger partial charge on any atom is 0.311 e. The molecule has 0 saturated heterocycles. The normalized spacial score (nSPS) is 17.2. The van der Waals surface area contributed by atoms with Gasteiger partial charge in [-0.3, -0.25) is 4.79 Å². The highest BCUT2D eigenvalue weighted by Gasteiger charge is 2.40. The average Bonchev–Trinajstić information content (AvgIpc) is 3.01. The highest BCUT2D eigenvalue weighted by molar-refractivity contribution is 9.10. The third kappa shape index (κ3) is 1.96. The van der Waals surface area contributed by atoms with Gasteiger partial charge < -0.3 is 5.11 Å². The molecule has 0 aliphatic heterocycles. The molecule has 16 heavy (non-hydrogen) atoms. The fourth-order valence-electron chi connectivity index (χ4n) is 1.82. The van der Waals surface area contributed by atoms with Gasteiger partial charge in [-0.05, 0) is 46.8 Å². The summed E-state index contributed by atoms with van der Waals surface area (Å²) in [6.07, 6.45) is 1.42. The van der Waals surface area contributed by atoms with Crippen LogP contribution in [0.4, 0.5) is 8.78 Å². The van der Waals surface area contributed by atoms with Crippen molar-refractivity contribution in [3.8, 4) is 0 Å². The van der Waals surface area contributed by atoms with Crippen LogP contribution in [-0.4, -0.2) is 11.1 Å². The predicted octanol–water partition coefficient (Wildman–Crippen LogP) is 3.31. The summed E-state index contributed by atoms with van der Waals surface area (Å²) >= 11 is 2.93. The van der Waals surface area contributed by atoms with E-state index in [2.05, 4.69) is 15.9 Å². The molecule has 86 valence electrons. The van der Waals surface area contributed by atoms with Gasteiger partial charge >= 0.3 is 5.97 Å². The summed E-state index contributed by atoms with van der Waals surface area (Å²) in [6, 6.07) is 2.32. The molecule has 0 spiro atoms. The predicted molar refractivity (Wildman–Crippen MR) is 57.2 cm³/mol. The molecule has 1 N–H and O–H groups in total. The third-order valence-electron chi connectivity index (χ3n) is 2.75. The molecular weight excluding hydrogens is 282 g/mol. The molecule has 0 radical (unpaired) electrons.